The first-order valence-corrected chi connectivity index (χ1v) is 7.34. The first-order chi connectivity index (χ1) is 9.26. The van der Waals surface area contributed by atoms with Crippen LogP contribution in [0.1, 0.15) is 11.6 Å². The normalized spacial score (nSPS) is 12.7. The first-order valence-electron chi connectivity index (χ1n) is 5.31. The van der Waals surface area contributed by atoms with Crippen LogP contribution in [-0.2, 0) is 24.3 Å². The van der Waals surface area contributed by atoms with E-state index in [1.54, 1.807) is 6.07 Å². The molecule has 1 aromatic carbocycles. The van der Waals surface area contributed by atoms with Gasteiger partial charge in [0.05, 0.1) is 7.11 Å². The van der Waals surface area contributed by atoms with E-state index in [0.717, 1.165) is 7.11 Å². The van der Waals surface area contributed by atoms with E-state index < -0.39 is 33.8 Å². The standard InChI is InChI=1S/C11H12ClNO6S/c1-19-9(14)6-20(17,18)13-10(11(15)16)7-4-2-3-5-8(7)12/h2-5,10,13H,6H2,1H3,(H,15,16)/t10-/m1/s1. The molecule has 0 saturated heterocycles. The van der Waals surface area contributed by atoms with Gasteiger partial charge in [-0.15, -0.1) is 0 Å². The van der Waals surface area contributed by atoms with E-state index >= 15 is 0 Å². The Bertz CT molecular complexity index is 615. The minimum atomic E-state index is -4.17. The van der Waals surface area contributed by atoms with E-state index in [2.05, 4.69) is 4.74 Å². The van der Waals surface area contributed by atoms with Crippen LogP contribution in [0.15, 0.2) is 24.3 Å². The molecule has 0 aliphatic heterocycles. The van der Waals surface area contributed by atoms with Gasteiger partial charge in [-0.2, -0.15) is 4.72 Å². The third-order valence-electron chi connectivity index (χ3n) is 2.30. The second-order valence-electron chi connectivity index (χ2n) is 3.75. The number of rotatable bonds is 6. The van der Waals surface area contributed by atoms with Crippen molar-refractivity contribution in [1.29, 1.82) is 0 Å². The molecule has 9 heteroatoms. The van der Waals surface area contributed by atoms with Gasteiger partial charge in [0, 0.05) is 5.02 Å². The highest BCUT2D eigenvalue weighted by Gasteiger charge is 2.29. The molecule has 0 unspecified atom stereocenters. The molecule has 20 heavy (non-hydrogen) atoms. The Morgan fingerprint density at radius 2 is 2.00 bits per heavy atom. The number of carbonyl (C=O) groups excluding carboxylic acids is 1. The van der Waals surface area contributed by atoms with Crippen molar-refractivity contribution in [3.05, 3.63) is 34.9 Å². The number of ether oxygens (including phenoxy) is 1. The fourth-order valence-corrected chi connectivity index (χ4v) is 2.73. The van der Waals surface area contributed by atoms with Gasteiger partial charge in [0.15, 0.2) is 5.75 Å². The average Bonchev–Trinajstić information content (AvgIpc) is 2.36. The maximum atomic E-state index is 11.7. The molecule has 0 aliphatic rings. The average molecular weight is 322 g/mol. The summed E-state index contributed by atoms with van der Waals surface area (Å²) in [6.07, 6.45) is 0. The Hall–Kier alpha value is -1.64. The van der Waals surface area contributed by atoms with Crippen molar-refractivity contribution in [3.8, 4) is 0 Å². The zero-order chi connectivity index (χ0) is 15.3. The highest BCUT2D eigenvalue weighted by atomic mass is 35.5. The molecule has 0 radical (unpaired) electrons. The van der Waals surface area contributed by atoms with Crippen molar-refractivity contribution in [2.24, 2.45) is 0 Å². The SMILES string of the molecule is COC(=O)CS(=O)(=O)N[C@@H](C(=O)O)c1ccccc1Cl. The zero-order valence-electron chi connectivity index (χ0n) is 10.4. The maximum Gasteiger partial charge on any atom is 0.326 e. The number of methoxy groups -OCH3 is 1. The van der Waals surface area contributed by atoms with Gasteiger partial charge in [0.1, 0.15) is 6.04 Å². The summed E-state index contributed by atoms with van der Waals surface area (Å²) in [6, 6.07) is 4.32. The second kappa shape index (κ2) is 6.69. The Morgan fingerprint density at radius 1 is 1.40 bits per heavy atom. The van der Waals surface area contributed by atoms with Gasteiger partial charge in [-0.1, -0.05) is 29.8 Å². The molecule has 0 aromatic heterocycles. The molecule has 1 aromatic rings. The van der Waals surface area contributed by atoms with Gasteiger partial charge in [-0.3, -0.25) is 9.59 Å². The summed E-state index contributed by atoms with van der Waals surface area (Å²) in [4.78, 5) is 22.2. The fourth-order valence-electron chi connectivity index (χ4n) is 1.39. The summed E-state index contributed by atoms with van der Waals surface area (Å²) in [7, 11) is -3.14. The van der Waals surface area contributed by atoms with Crippen LogP contribution in [0.25, 0.3) is 0 Å². The maximum absolute atomic E-state index is 11.7. The van der Waals surface area contributed by atoms with Crippen LogP contribution in [0.4, 0.5) is 0 Å². The minimum Gasteiger partial charge on any atom is -0.480 e. The van der Waals surface area contributed by atoms with Crippen molar-refractivity contribution in [2.75, 3.05) is 12.9 Å². The van der Waals surface area contributed by atoms with Crippen LogP contribution in [0.2, 0.25) is 5.02 Å². The van der Waals surface area contributed by atoms with Crippen LogP contribution in [0.5, 0.6) is 0 Å². The van der Waals surface area contributed by atoms with Gasteiger partial charge in [-0.25, -0.2) is 8.42 Å². The molecule has 0 bridgehead atoms. The number of carboxylic acid groups (broad SMARTS) is 1. The highest BCUT2D eigenvalue weighted by molar-refractivity contribution is 7.90. The van der Waals surface area contributed by atoms with Gasteiger partial charge < -0.3 is 9.84 Å². The Morgan fingerprint density at radius 3 is 2.50 bits per heavy atom. The van der Waals surface area contributed by atoms with Crippen LogP contribution >= 0.6 is 11.6 Å². The highest BCUT2D eigenvalue weighted by Crippen LogP contribution is 2.23. The van der Waals surface area contributed by atoms with E-state index in [4.69, 9.17) is 16.7 Å². The monoisotopic (exact) mass is 321 g/mol. The summed E-state index contributed by atoms with van der Waals surface area (Å²) in [5.41, 5.74) is 0.0788. The number of hydrogen-bond donors (Lipinski definition) is 2. The van der Waals surface area contributed by atoms with Crippen LogP contribution < -0.4 is 4.72 Å². The lowest BCUT2D eigenvalue weighted by Gasteiger charge is -2.15. The first kappa shape index (κ1) is 16.4. The Kier molecular flexibility index (Phi) is 5.49. The topological polar surface area (TPSA) is 110 Å². The summed E-state index contributed by atoms with van der Waals surface area (Å²) in [5.74, 6) is -3.41. The number of carboxylic acids is 1. The molecule has 0 spiro atoms. The van der Waals surface area contributed by atoms with E-state index in [9.17, 15) is 18.0 Å². The number of aliphatic carboxylic acids is 1. The second-order valence-corrected chi connectivity index (χ2v) is 5.91. The molecule has 0 aliphatic carbocycles. The van der Waals surface area contributed by atoms with Gasteiger partial charge in [0.2, 0.25) is 10.0 Å². The number of benzene rings is 1. The van der Waals surface area contributed by atoms with Crippen molar-refractivity contribution in [2.45, 2.75) is 6.04 Å². The van der Waals surface area contributed by atoms with Gasteiger partial charge >= 0.3 is 11.9 Å². The number of sulfonamides is 1. The predicted molar refractivity (Wildman–Crippen MR) is 70.8 cm³/mol. The minimum absolute atomic E-state index is 0.0788. The fraction of sp³-hybridized carbons (Fsp3) is 0.273. The smallest absolute Gasteiger partial charge is 0.326 e. The van der Waals surface area contributed by atoms with Crippen LogP contribution in [0, 0.1) is 0 Å². The molecule has 0 fully saturated rings. The quantitative estimate of drug-likeness (QED) is 0.741. The Labute approximate surface area is 120 Å². The third kappa shape index (κ3) is 4.48. The summed E-state index contributed by atoms with van der Waals surface area (Å²) >= 11 is 5.84. The van der Waals surface area contributed by atoms with Crippen molar-refractivity contribution < 1.29 is 27.9 Å². The van der Waals surface area contributed by atoms with Gasteiger partial charge in [-0.05, 0) is 11.6 Å². The molecule has 2 N–H and O–H groups in total. The predicted octanol–water partition coefficient (Wildman–Crippen LogP) is 0.558. The van der Waals surface area contributed by atoms with E-state index in [1.165, 1.54) is 18.2 Å². The summed E-state index contributed by atoms with van der Waals surface area (Å²) in [6.45, 7) is 0. The molecule has 0 saturated carbocycles. The molecule has 0 heterocycles. The molecule has 1 atom stereocenters. The van der Waals surface area contributed by atoms with Crippen molar-refractivity contribution in [1.82, 2.24) is 4.72 Å². The van der Waals surface area contributed by atoms with Crippen molar-refractivity contribution >= 4 is 33.6 Å². The number of esters is 1. The lowest BCUT2D eigenvalue weighted by Crippen LogP contribution is -2.37. The van der Waals surface area contributed by atoms with Crippen LogP contribution in [-0.4, -0.2) is 38.3 Å². The lowest BCUT2D eigenvalue weighted by molar-refractivity contribution is -0.140. The number of nitrogens with one attached hydrogen (secondary N) is 1. The van der Waals surface area contributed by atoms with E-state index in [0.29, 0.717) is 0 Å². The van der Waals surface area contributed by atoms with Gasteiger partial charge in [0.25, 0.3) is 0 Å². The number of hydrogen-bond acceptors (Lipinski definition) is 5. The third-order valence-corrected chi connectivity index (χ3v) is 3.85. The Balaban J connectivity index is 3.03. The van der Waals surface area contributed by atoms with E-state index in [-0.39, 0.29) is 10.6 Å². The van der Waals surface area contributed by atoms with Crippen LogP contribution in [0.3, 0.4) is 0 Å². The molecule has 7 nitrogen and oxygen atoms in total. The number of carbonyl (C=O) groups is 2. The number of halogens is 1. The van der Waals surface area contributed by atoms with Crippen molar-refractivity contribution in [3.63, 3.8) is 0 Å². The molecular formula is C11H12ClNO6S. The summed E-state index contributed by atoms with van der Waals surface area (Å²) < 4.78 is 29.5. The zero-order valence-corrected chi connectivity index (χ0v) is 11.9. The summed E-state index contributed by atoms with van der Waals surface area (Å²) in [5, 5.41) is 9.20. The lowest BCUT2D eigenvalue weighted by atomic mass is 10.1. The van der Waals surface area contributed by atoms with E-state index in [1.807, 2.05) is 4.72 Å². The molecule has 1 rings (SSSR count). The largest absolute Gasteiger partial charge is 0.480 e. The molecule has 110 valence electrons. The molecule has 0 amide bonds. The molecular weight excluding hydrogens is 310 g/mol.